The summed E-state index contributed by atoms with van der Waals surface area (Å²) in [6, 6.07) is -0.272. The summed E-state index contributed by atoms with van der Waals surface area (Å²) in [6.07, 6.45) is 7.01. The second kappa shape index (κ2) is 5.76. The monoisotopic (exact) mass is 252 g/mol. The van der Waals surface area contributed by atoms with Gasteiger partial charge in [0.1, 0.15) is 6.54 Å². The van der Waals surface area contributed by atoms with Gasteiger partial charge in [-0.15, -0.1) is 6.42 Å². The molecule has 1 saturated heterocycles. The second-order valence-electron chi connectivity index (χ2n) is 5.39. The van der Waals surface area contributed by atoms with Crippen molar-refractivity contribution in [3.63, 3.8) is 0 Å². The molecule has 1 aliphatic rings. The molecule has 0 aliphatic carbocycles. The molecule has 1 heterocycles. The molecule has 0 atom stereocenters. The molecule has 0 aromatic rings. The lowest BCUT2D eigenvalue weighted by molar-refractivity contribution is -0.137. The van der Waals surface area contributed by atoms with Gasteiger partial charge in [0.05, 0.1) is 6.54 Å². The number of urea groups is 1. The van der Waals surface area contributed by atoms with Gasteiger partial charge in [-0.3, -0.25) is 4.79 Å². The fourth-order valence-electron chi connectivity index (χ4n) is 1.97. The van der Waals surface area contributed by atoms with E-state index in [1.165, 1.54) is 4.90 Å². The zero-order chi connectivity index (χ0) is 13.8. The van der Waals surface area contributed by atoms with Crippen molar-refractivity contribution < 1.29 is 14.7 Å². The molecule has 0 saturated carbocycles. The molecule has 100 valence electrons. The SMILES string of the molecule is C#CCN(CC(=O)O)C(=O)N1CCC(C)(C)CC1. The smallest absolute Gasteiger partial charge is 0.323 e. The molecule has 0 bridgehead atoms. The van der Waals surface area contributed by atoms with Crippen LogP contribution in [0.2, 0.25) is 0 Å². The first-order valence-corrected chi connectivity index (χ1v) is 6.05. The van der Waals surface area contributed by atoms with Crippen LogP contribution in [0.25, 0.3) is 0 Å². The first-order chi connectivity index (χ1) is 8.35. The Kier molecular flexibility index (Phi) is 4.60. The predicted molar refractivity (Wildman–Crippen MR) is 68.0 cm³/mol. The highest BCUT2D eigenvalue weighted by atomic mass is 16.4. The number of nitrogens with zero attached hydrogens (tertiary/aromatic N) is 2. The van der Waals surface area contributed by atoms with E-state index in [2.05, 4.69) is 19.8 Å². The summed E-state index contributed by atoms with van der Waals surface area (Å²) in [4.78, 5) is 25.7. The number of carboxylic acids is 1. The summed E-state index contributed by atoms with van der Waals surface area (Å²) in [7, 11) is 0. The number of hydrogen-bond donors (Lipinski definition) is 1. The number of aliphatic carboxylic acids is 1. The number of hydrogen-bond acceptors (Lipinski definition) is 2. The first-order valence-electron chi connectivity index (χ1n) is 6.05. The van der Waals surface area contributed by atoms with E-state index in [0.29, 0.717) is 13.1 Å². The van der Waals surface area contributed by atoms with E-state index in [9.17, 15) is 9.59 Å². The molecule has 2 amide bonds. The lowest BCUT2D eigenvalue weighted by Gasteiger charge is -2.38. The Bertz CT molecular complexity index is 361. The predicted octanol–water partition coefficient (Wildman–Crippen LogP) is 1.25. The number of amides is 2. The van der Waals surface area contributed by atoms with Crippen LogP contribution in [0.15, 0.2) is 0 Å². The van der Waals surface area contributed by atoms with Crippen LogP contribution in [0.3, 0.4) is 0 Å². The van der Waals surface area contributed by atoms with E-state index < -0.39 is 5.97 Å². The van der Waals surface area contributed by atoms with Gasteiger partial charge >= 0.3 is 12.0 Å². The van der Waals surface area contributed by atoms with Crippen molar-refractivity contribution in [2.75, 3.05) is 26.2 Å². The highest BCUT2D eigenvalue weighted by Gasteiger charge is 2.30. The second-order valence-corrected chi connectivity index (χ2v) is 5.39. The Morgan fingerprint density at radius 2 is 1.94 bits per heavy atom. The largest absolute Gasteiger partial charge is 0.480 e. The first kappa shape index (κ1) is 14.4. The van der Waals surface area contributed by atoms with Gasteiger partial charge in [-0.05, 0) is 18.3 Å². The molecule has 5 heteroatoms. The van der Waals surface area contributed by atoms with Crippen LogP contribution in [0, 0.1) is 17.8 Å². The van der Waals surface area contributed by atoms with Gasteiger partial charge in [-0.1, -0.05) is 19.8 Å². The Labute approximate surface area is 108 Å². The minimum atomic E-state index is -1.05. The van der Waals surface area contributed by atoms with Crippen LogP contribution in [0.1, 0.15) is 26.7 Å². The van der Waals surface area contributed by atoms with Crippen LogP contribution in [0.5, 0.6) is 0 Å². The number of likely N-dealkylation sites (tertiary alicyclic amines) is 1. The number of rotatable bonds is 3. The minimum absolute atomic E-state index is 0.0328. The van der Waals surface area contributed by atoms with Crippen LogP contribution < -0.4 is 0 Å². The van der Waals surface area contributed by atoms with E-state index in [1.807, 2.05) is 0 Å². The summed E-state index contributed by atoms with van der Waals surface area (Å²) in [6.45, 7) is 5.35. The molecule has 1 aliphatic heterocycles. The lowest BCUT2D eigenvalue weighted by Crippen LogP contribution is -2.49. The average Bonchev–Trinajstić information content (AvgIpc) is 2.27. The summed E-state index contributed by atoms with van der Waals surface area (Å²) in [5.41, 5.74) is 0.251. The standard InChI is InChI=1S/C13H20N2O3/c1-4-7-15(10-11(16)17)12(18)14-8-5-13(2,3)6-9-14/h1H,5-10H2,2-3H3,(H,16,17). The van der Waals surface area contributed by atoms with E-state index >= 15 is 0 Å². The molecule has 0 spiro atoms. The summed E-state index contributed by atoms with van der Waals surface area (Å²) in [5.74, 6) is 1.28. The van der Waals surface area contributed by atoms with E-state index in [-0.39, 0.29) is 24.5 Å². The Morgan fingerprint density at radius 3 is 2.39 bits per heavy atom. The van der Waals surface area contributed by atoms with E-state index in [4.69, 9.17) is 11.5 Å². The maximum atomic E-state index is 12.1. The number of terminal acetylenes is 1. The van der Waals surface area contributed by atoms with Gasteiger partial charge < -0.3 is 14.9 Å². The van der Waals surface area contributed by atoms with E-state index in [1.54, 1.807) is 4.90 Å². The van der Waals surface area contributed by atoms with Gasteiger partial charge in [0.25, 0.3) is 0 Å². The van der Waals surface area contributed by atoms with Crippen molar-refractivity contribution >= 4 is 12.0 Å². The molecule has 18 heavy (non-hydrogen) atoms. The van der Waals surface area contributed by atoms with Gasteiger partial charge in [-0.2, -0.15) is 0 Å². The van der Waals surface area contributed by atoms with Crippen molar-refractivity contribution in [3.8, 4) is 12.3 Å². The zero-order valence-corrected chi connectivity index (χ0v) is 11.0. The fraction of sp³-hybridized carbons (Fsp3) is 0.692. The summed E-state index contributed by atoms with van der Waals surface area (Å²) >= 11 is 0. The van der Waals surface area contributed by atoms with Crippen LogP contribution in [-0.4, -0.2) is 53.1 Å². The lowest BCUT2D eigenvalue weighted by atomic mass is 9.83. The Hall–Kier alpha value is -1.70. The average molecular weight is 252 g/mol. The highest BCUT2D eigenvalue weighted by Crippen LogP contribution is 2.29. The molecule has 1 fully saturated rings. The summed E-state index contributed by atoms with van der Waals surface area (Å²) in [5, 5.41) is 8.76. The molecule has 1 rings (SSSR count). The number of carbonyl (C=O) groups excluding carboxylic acids is 1. The van der Waals surface area contributed by atoms with Crippen LogP contribution in [-0.2, 0) is 4.79 Å². The van der Waals surface area contributed by atoms with E-state index in [0.717, 1.165) is 12.8 Å². The Balaban J connectivity index is 2.61. The van der Waals surface area contributed by atoms with Crippen molar-refractivity contribution in [1.29, 1.82) is 0 Å². The normalized spacial score (nSPS) is 17.9. The third kappa shape index (κ3) is 3.95. The van der Waals surface area contributed by atoms with Crippen molar-refractivity contribution in [2.45, 2.75) is 26.7 Å². The van der Waals surface area contributed by atoms with Crippen molar-refractivity contribution in [3.05, 3.63) is 0 Å². The highest BCUT2D eigenvalue weighted by molar-refractivity contribution is 5.80. The van der Waals surface area contributed by atoms with Gasteiger partial charge in [0.15, 0.2) is 0 Å². The fourth-order valence-corrected chi connectivity index (χ4v) is 1.97. The number of piperidine rings is 1. The quantitative estimate of drug-likeness (QED) is 0.769. The van der Waals surface area contributed by atoms with Gasteiger partial charge in [0.2, 0.25) is 0 Å². The van der Waals surface area contributed by atoms with Crippen molar-refractivity contribution in [2.24, 2.45) is 5.41 Å². The Morgan fingerprint density at radius 1 is 1.39 bits per heavy atom. The number of carboxylic acid groups (broad SMARTS) is 1. The molecule has 0 aromatic carbocycles. The zero-order valence-electron chi connectivity index (χ0n) is 11.0. The topological polar surface area (TPSA) is 60.9 Å². The van der Waals surface area contributed by atoms with Crippen molar-refractivity contribution in [1.82, 2.24) is 9.80 Å². The van der Waals surface area contributed by atoms with Crippen LogP contribution >= 0.6 is 0 Å². The molecular formula is C13H20N2O3. The molecule has 5 nitrogen and oxygen atoms in total. The number of carbonyl (C=O) groups is 2. The molecule has 0 aromatic heterocycles. The molecular weight excluding hydrogens is 232 g/mol. The van der Waals surface area contributed by atoms with Crippen LogP contribution in [0.4, 0.5) is 4.79 Å². The van der Waals surface area contributed by atoms with Gasteiger partial charge in [0, 0.05) is 13.1 Å². The third-order valence-electron chi connectivity index (χ3n) is 3.27. The van der Waals surface area contributed by atoms with Gasteiger partial charge in [-0.25, -0.2) is 4.79 Å². The molecule has 0 radical (unpaired) electrons. The molecule has 1 N–H and O–H groups in total. The minimum Gasteiger partial charge on any atom is -0.480 e. The molecule has 0 unspecified atom stereocenters. The maximum absolute atomic E-state index is 12.1. The third-order valence-corrected chi connectivity index (χ3v) is 3.27. The maximum Gasteiger partial charge on any atom is 0.323 e. The summed E-state index contributed by atoms with van der Waals surface area (Å²) < 4.78 is 0.